The minimum absolute atomic E-state index is 0.00192. The van der Waals surface area contributed by atoms with Crippen LogP contribution in [0.15, 0.2) is 21.6 Å². The lowest BCUT2D eigenvalue weighted by atomic mass is 10.3. The molecule has 19 heavy (non-hydrogen) atoms. The largest absolute Gasteiger partial charge is 0.475 e. The summed E-state index contributed by atoms with van der Waals surface area (Å²) in [5.74, 6) is -1.78. The summed E-state index contributed by atoms with van der Waals surface area (Å²) in [6.45, 7) is 0.00534. The second kappa shape index (κ2) is 5.29. The molecule has 2 N–H and O–H groups in total. The van der Waals surface area contributed by atoms with Gasteiger partial charge in [0.25, 0.3) is 10.0 Å². The molecule has 1 fully saturated rings. The molecule has 0 aromatic carbocycles. The number of rotatable bonds is 4. The van der Waals surface area contributed by atoms with Gasteiger partial charge in [-0.1, -0.05) is 0 Å². The van der Waals surface area contributed by atoms with Crippen LogP contribution in [0.3, 0.4) is 0 Å². The second-order valence-corrected chi connectivity index (χ2v) is 5.83. The van der Waals surface area contributed by atoms with E-state index in [2.05, 4.69) is 0 Å². The second-order valence-electron chi connectivity index (χ2n) is 3.96. The van der Waals surface area contributed by atoms with Gasteiger partial charge in [0.15, 0.2) is 0 Å². The molecule has 2 heterocycles. The van der Waals surface area contributed by atoms with Crippen molar-refractivity contribution in [3.63, 3.8) is 0 Å². The first-order valence-corrected chi connectivity index (χ1v) is 6.95. The number of aliphatic hydroxyl groups excluding tert-OH is 1. The molecule has 1 atom stereocenters. The maximum absolute atomic E-state index is 12.2. The van der Waals surface area contributed by atoms with Crippen molar-refractivity contribution in [2.45, 2.75) is 11.2 Å². The van der Waals surface area contributed by atoms with Crippen molar-refractivity contribution >= 4 is 16.0 Å². The van der Waals surface area contributed by atoms with Crippen LogP contribution in [-0.4, -0.2) is 61.3 Å². The summed E-state index contributed by atoms with van der Waals surface area (Å²) in [6.07, 6.45) is -0.586. The zero-order valence-corrected chi connectivity index (χ0v) is 10.7. The molecule has 0 amide bonds. The van der Waals surface area contributed by atoms with Crippen LogP contribution in [0, 0.1) is 0 Å². The summed E-state index contributed by atoms with van der Waals surface area (Å²) in [4.78, 5) is 10.7. The Labute approximate surface area is 109 Å². The number of carbonyl (C=O) groups is 1. The minimum Gasteiger partial charge on any atom is -0.475 e. The zero-order valence-electron chi connectivity index (χ0n) is 9.85. The smallest absolute Gasteiger partial charge is 0.371 e. The summed E-state index contributed by atoms with van der Waals surface area (Å²) in [5, 5.41) is 17.2. The van der Waals surface area contributed by atoms with Gasteiger partial charge in [0.05, 0.1) is 19.3 Å². The van der Waals surface area contributed by atoms with Crippen molar-refractivity contribution in [1.82, 2.24) is 4.31 Å². The van der Waals surface area contributed by atoms with Crippen LogP contribution in [0.2, 0.25) is 0 Å². The first-order chi connectivity index (χ1) is 8.95. The highest BCUT2D eigenvalue weighted by Gasteiger charge is 2.33. The van der Waals surface area contributed by atoms with E-state index in [1.54, 1.807) is 0 Å². The number of ether oxygens (including phenoxy) is 1. The van der Waals surface area contributed by atoms with Crippen LogP contribution in [-0.2, 0) is 14.8 Å². The van der Waals surface area contributed by atoms with Gasteiger partial charge >= 0.3 is 5.97 Å². The number of aliphatic hydroxyl groups is 1. The quantitative estimate of drug-likeness (QED) is 0.757. The van der Waals surface area contributed by atoms with E-state index in [0.717, 1.165) is 16.4 Å². The molecule has 0 radical (unpaired) electrons. The zero-order chi connectivity index (χ0) is 14.0. The van der Waals surface area contributed by atoms with Gasteiger partial charge in [-0.15, -0.1) is 0 Å². The van der Waals surface area contributed by atoms with Crippen molar-refractivity contribution in [3.05, 3.63) is 17.9 Å². The van der Waals surface area contributed by atoms with Gasteiger partial charge in [-0.2, -0.15) is 4.31 Å². The van der Waals surface area contributed by atoms with Crippen LogP contribution < -0.4 is 0 Å². The van der Waals surface area contributed by atoms with Crippen LogP contribution >= 0.6 is 0 Å². The maximum Gasteiger partial charge on any atom is 0.371 e. The van der Waals surface area contributed by atoms with Crippen molar-refractivity contribution < 1.29 is 32.6 Å². The van der Waals surface area contributed by atoms with E-state index in [1.807, 2.05) is 0 Å². The van der Waals surface area contributed by atoms with Crippen molar-refractivity contribution in [2.24, 2.45) is 0 Å². The lowest BCUT2D eigenvalue weighted by Crippen LogP contribution is -2.46. The number of hydrogen-bond donors (Lipinski definition) is 2. The van der Waals surface area contributed by atoms with E-state index in [-0.39, 0.29) is 26.3 Å². The Balaban J connectivity index is 2.23. The molecule has 2 rings (SSSR count). The van der Waals surface area contributed by atoms with Gasteiger partial charge in [0.2, 0.25) is 10.9 Å². The lowest BCUT2D eigenvalue weighted by molar-refractivity contribution is -0.0307. The predicted octanol–water partition coefficient (Wildman–Crippen LogP) is -0.640. The third-order valence-corrected chi connectivity index (χ3v) is 4.43. The fraction of sp³-hybridized carbons (Fsp3) is 0.500. The molecule has 0 bridgehead atoms. The molecule has 1 aromatic heterocycles. The predicted molar refractivity (Wildman–Crippen MR) is 61.3 cm³/mol. The summed E-state index contributed by atoms with van der Waals surface area (Å²) in [7, 11) is -3.91. The van der Waals surface area contributed by atoms with Crippen molar-refractivity contribution in [3.8, 4) is 0 Å². The number of carboxylic acid groups (broad SMARTS) is 1. The molecule has 1 aromatic rings. The average molecular weight is 291 g/mol. The normalized spacial score (nSPS) is 21.4. The van der Waals surface area contributed by atoms with E-state index in [0.29, 0.717) is 0 Å². The van der Waals surface area contributed by atoms with E-state index >= 15 is 0 Å². The first kappa shape index (κ1) is 14.0. The molecular weight excluding hydrogens is 278 g/mol. The van der Waals surface area contributed by atoms with E-state index in [4.69, 9.17) is 19.4 Å². The Hall–Kier alpha value is -1.42. The standard InChI is InChI=1S/C10H13NO7S/c12-6-7-5-11(3-4-17-7)19(15,16)9-2-1-8(18-9)10(13)14/h1-2,7,12H,3-6H2,(H,13,14). The summed E-state index contributed by atoms with van der Waals surface area (Å²) >= 11 is 0. The SMILES string of the molecule is O=C(O)c1ccc(S(=O)(=O)N2CCOC(CO)C2)o1. The third-order valence-electron chi connectivity index (χ3n) is 2.69. The fourth-order valence-electron chi connectivity index (χ4n) is 1.72. The number of aromatic carboxylic acids is 1. The Morgan fingerprint density at radius 3 is 2.79 bits per heavy atom. The molecular formula is C10H13NO7S. The molecule has 1 saturated heterocycles. The highest BCUT2D eigenvalue weighted by molar-refractivity contribution is 7.89. The monoisotopic (exact) mass is 291 g/mol. The van der Waals surface area contributed by atoms with Gasteiger partial charge in [0, 0.05) is 13.1 Å². The van der Waals surface area contributed by atoms with Gasteiger partial charge in [0.1, 0.15) is 0 Å². The first-order valence-electron chi connectivity index (χ1n) is 5.51. The minimum atomic E-state index is -3.91. The molecule has 0 aliphatic carbocycles. The number of carboxylic acids is 1. The van der Waals surface area contributed by atoms with Crippen LogP contribution in [0.4, 0.5) is 0 Å². The lowest BCUT2D eigenvalue weighted by Gasteiger charge is -2.30. The van der Waals surface area contributed by atoms with Gasteiger partial charge in [-0.3, -0.25) is 0 Å². The fourth-order valence-corrected chi connectivity index (χ4v) is 3.09. The molecule has 106 valence electrons. The summed E-state index contributed by atoms with van der Waals surface area (Å²) in [5.41, 5.74) is 0. The number of nitrogens with zero attached hydrogens (tertiary/aromatic N) is 1. The highest BCUT2D eigenvalue weighted by atomic mass is 32.2. The van der Waals surface area contributed by atoms with Gasteiger partial charge in [-0.05, 0) is 12.1 Å². The molecule has 0 saturated carbocycles. The van der Waals surface area contributed by atoms with E-state index in [9.17, 15) is 13.2 Å². The van der Waals surface area contributed by atoms with Gasteiger partial charge in [-0.25, -0.2) is 13.2 Å². The van der Waals surface area contributed by atoms with Crippen LogP contribution in [0.25, 0.3) is 0 Å². The molecule has 1 aliphatic rings. The number of hydrogen-bond acceptors (Lipinski definition) is 6. The Bertz CT molecular complexity index is 564. The number of morpholine rings is 1. The van der Waals surface area contributed by atoms with Gasteiger partial charge < -0.3 is 19.4 Å². The maximum atomic E-state index is 12.2. The Kier molecular flexibility index (Phi) is 3.90. The molecule has 9 heteroatoms. The molecule has 1 unspecified atom stereocenters. The topological polar surface area (TPSA) is 117 Å². The van der Waals surface area contributed by atoms with Crippen molar-refractivity contribution in [2.75, 3.05) is 26.3 Å². The highest BCUT2D eigenvalue weighted by Crippen LogP contribution is 2.21. The summed E-state index contributed by atoms with van der Waals surface area (Å²) < 4.78 is 35.4. The molecule has 0 spiro atoms. The summed E-state index contributed by atoms with van der Waals surface area (Å²) in [6, 6.07) is 2.18. The molecule has 8 nitrogen and oxygen atoms in total. The Morgan fingerprint density at radius 1 is 1.47 bits per heavy atom. The van der Waals surface area contributed by atoms with Crippen LogP contribution in [0.1, 0.15) is 10.6 Å². The third kappa shape index (κ3) is 2.78. The Morgan fingerprint density at radius 2 is 2.21 bits per heavy atom. The number of furan rings is 1. The number of sulfonamides is 1. The molecule has 1 aliphatic heterocycles. The van der Waals surface area contributed by atoms with Crippen LogP contribution in [0.5, 0.6) is 0 Å². The van der Waals surface area contributed by atoms with E-state index in [1.165, 1.54) is 0 Å². The average Bonchev–Trinajstić information content (AvgIpc) is 2.89. The van der Waals surface area contributed by atoms with Crippen molar-refractivity contribution in [1.29, 1.82) is 0 Å². The van der Waals surface area contributed by atoms with E-state index < -0.39 is 32.9 Å².